The summed E-state index contributed by atoms with van der Waals surface area (Å²) in [6.45, 7) is 3.74. The number of nitriles is 1. The first-order valence-corrected chi connectivity index (χ1v) is 4.95. The minimum atomic E-state index is -0.565. The maximum absolute atomic E-state index is 11.6. The highest BCUT2D eigenvalue weighted by atomic mass is 16.1. The predicted molar refractivity (Wildman–Crippen MR) is 59.2 cm³/mol. The van der Waals surface area contributed by atoms with Crippen molar-refractivity contribution in [3.63, 3.8) is 0 Å². The summed E-state index contributed by atoms with van der Waals surface area (Å²) in [4.78, 5) is 11.6. The van der Waals surface area contributed by atoms with Crippen LogP contribution in [0.2, 0.25) is 0 Å². The quantitative estimate of drug-likeness (QED) is 0.818. The molecule has 0 heterocycles. The number of amides is 1. The van der Waals surface area contributed by atoms with Crippen LogP contribution >= 0.6 is 0 Å². The highest BCUT2D eigenvalue weighted by molar-refractivity contribution is 5.94. The van der Waals surface area contributed by atoms with Gasteiger partial charge in [0.1, 0.15) is 5.92 Å². The van der Waals surface area contributed by atoms with Crippen LogP contribution in [0.25, 0.3) is 0 Å². The third kappa shape index (κ3) is 2.81. The second-order valence-corrected chi connectivity index (χ2v) is 3.39. The molecule has 0 saturated heterocycles. The molecule has 0 bridgehead atoms. The Bertz CT molecular complexity index is 393. The Balaban J connectivity index is 2.75. The minimum Gasteiger partial charge on any atom is -0.325 e. The van der Waals surface area contributed by atoms with E-state index in [2.05, 4.69) is 5.32 Å². The molecular weight excluding hydrogens is 188 g/mol. The lowest BCUT2D eigenvalue weighted by molar-refractivity contribution is -0.118. The number of anilines is 1. The highest BCUT2D eigenvalue weighted by Crippen LogP contribution is 2.14. The Labute approximate surface area is 89.7 Å². The fourth-order valence-corrected chi connectivity index (χ4v) is 1.27. The van der Waals surface area contributed by atoms with Crippen LogP contribution in [-0.4, -0.2) is 5.91 Å². The minimum absolute atomic E-state index is 0.227. The van der Waals surface area contributed by atoms with Gasteiger partial charge in [-0.15, -0.1) is 0 Å². The van der Waals surface area contributed by atoms with Gasteiger partial charge in [0, 0.05) is 5.69 Å². The number of rotatable bonds is 3. The molecule has 0 aliphatic heterocycles. The van der Waals surface area contributed by atoms with Crippen LogP contribution in [0.5, 0.6) is 0 Å². The van der Waals surface area contributed by atoms with Crippen LogP contribution in [0, 0.1) is 24.2 Å². The molecule has 0 aromatic heterocycles. The molecule has 0 fully saturated rings. The standard InChI is InChI=1S/C12H14N2O/c1-3-10(8-13)12(15)14-11-7-5-4-6-9(11)2/h4-7,10H,3H2,1-2H3,(H,14,15). The zero-order chi connectivity index (χ0) is 11.3. The van der Waals surface area contributed by atoms with Crippen LogP contribution < -0.4 is 5.32 Å². The van der Waals surface area contributed by atoms with E-state index < -0.39 is 5.92 Å². The molecule has 1 aromatic rings. The third-order valence-electron chi connectivity index (χ3n) is 2.28. The molecule has 0 aliphatic rings. The maximum atomic E-state index is 11.6. The van der Waals surface area contributed by atoms with E-state index in [4.69, 9.17) is 5.26 Å². The average molecular weight is 202 g/mol. The molecule has 0 saturated carbocycles. The summed E-state index contributed by atoms with van der Waals surface area (Å²) >= 11 is 0. The largest absolute Gasteiger partial charge is 0.325 e. The van der Waals surface area contributed by atoms with Gasteiger partial charge in [0.2, 0.25) is 5.91 Å². The first-order valence-electron chi connectivity index (χ1n) is 4.95. The van der Waals surface area contributed by atoms with Crippen LogP contribution in [-0.2, 0) is 4.79 Å². The van der Waals surface area contributed by atoms with Crippen molar-refractivity contribution in [1.82, 2.24) is 0 Å². The van der Waals surface area contributed by atoms with Crippen molar-refractivity contribution in [1.29, 1.82) is 5.26 Å². The first kappa shape index (κ1) is 11.3. The van der Waals surface area contributed by atoms with Crippen LogP contribution in [0.4, 0.5) is 5.69 Å². The van der Waals surface area contributed by atoms with Gasteiger partial charge in [-0.3, -0.25) is 4.79 Å². The van der Waals surface area contributed by atoms with Gasteiger partial charge in [0.05, 0.1) is 6.07 Å². The lowest BCUT2D eigenvalue weighted by atomic mass is 10.1. The number of aryl methyl sites for hydroxylation is 1. The van der Waals surface area contributed by atoms with Gasteiger partial charge >= 0.3 is 0 Å². The number of nitrogens with one attached hydrogen (secondary N) is 1. The molecule has 1 amide bonds. The lowest BCUT2D eigenvalue weighted by Gasteiger charge is -2.10. The summed E-state index contributed by atoms with van der Waals surface area (Å²) in [5.41, 5.74) is 1.77. The Morgan fingerprint density at radius 3 is 2.73 bits per heavy atom. The Morgan fingerprint density at radius 1 is 1.53 bits per heavy atom. The Hall–Kier alpha value is -1.82. The molecule has 0 aliphatic carbocycles. The fraction of sp³-hybridized carbons (Fsp3) is 0.333. The van der Waals surface area contributed by atoms with Gasteiger partial charge in [-0.1, -0.05) is 25.1 Å². The summed E-state index contributed by atoms with van der Waals surface area (Å²) in [6, 6.07) is 9.50. The van der Waals surface area contributed by atoms with Crippen molar-refractivity contribution >= 4 is 11.6 Å². The van der Waals surface area contributed by atoms with Crippen molar-refractivity contribution in [3.05, 3.63) is 29.8 Å². The van der Waals surface area contributed by atoms with Crippen molar-refractivity contribution in [2.24, 2.45) is 5.92 Å². The molecule has 3 nitrogen and oxygen atoms in total. The van der Waals surface area contributed by atoms with E-state index in [0.717, 1.165) is 11.3 Å². The van der Waals surface area contributed by atoms with E-state index in [1.54, 1.807) is 0 Å². The smallest absolute Gasteiger partial charge is 0.241 e. The van der Waals surface area contributed by atoms with E-state index in [0.29, 0.717) is 6.42 Å². The molecule has 15 heavy (non-hydrogen) atoms. The van der Waals surface area contributed by atoms with Gasteiger partial charge in [0.15, 0.2) is 0 Å². The second-order valence-electron chi connectivity index (χ2n) is 3.39. The number of carbonyl (C=O) groups excluding carboxylic acids is 1. The monoisotopic (exact) mass is 202 g/mol. The number of para-hydroxylation sites is 1. The van der Waals surface area contributed by atoms with Crippen molar-refractivity contribution in [3.8, 4) is 6.07 Å². The number of benzene rings is 1. The van der Waals surface area contributed by atoms with E-state index in [1.807, 2.05) is 44.2 Å². The molecule has 1 rings (SSSR count). The van der Waals surface area contributed by atoms with E-state index in [-0.39, 0.29) is 5.91 Å². The highest BCUT2D eigenvalue weighted by Gasteiger charge is 2.15. The molecular formula is C12H14N2O. The van der Waals surface area contributed by atoms with Crippen LogP contribution in [0.15, 0.2) is 24.3 Å². The summed E-state index contributed by atoms with van der Waals surface area (Å²) in [5.74, 6) is -0.793. The molecule has 1 aromatic carbocycles. The Morgan fingerprint density at radius 2 is 2.20 bits per heavy atom. The van der Waals surface area contributed by atoms with Gasteiger partial charge in [0.25, 0.3) is 0 Å². The number of hydrogen-bond acceptors (Lipinski definition) is 2. The summed E-state index contributed by atoms with van der Waals surface area (Å²) in [6.07, 6.45) is 0.536. The molecule has 0 radical (unpaired) electrons. The molecule has 1 N–H and O–H groups in total. The second kappa shape index (κ2) is 5.16. The summed E-state index contributed by atoms with van der Waals surface area (Å²) in [7, 11) is 0. The van der Waals surface area contributed by atoms with Gasteiger partial charge in [-0.25, -0.2) is 0 Å². The normalized spacial score (nSPS) is 11.5. The molecule has 78 valence electrons. The van der Waals surface area contributed by atoms with Gasteiger partial charge in [-0.2, -0.15) is 5.26 Å². The van der Waals surface area contributed by atoms with Gasteiger partial charge in [-0.05, 0) is 25.0 Å². The van der Waals surface area contributed by atoms with Crippen LogP contribution in [0.1, 0.15) is 18.9 Å². The van der Waals surface area contributed by atoms with Crippen molar-refractivity contribution in [2.45, 2.75) is 20.3 Å². The van der Waals surface area contributed by atoms with E-state index in [1.165, 1.54) is 0 Å². The molecule has 0 spiro atoms. The fourth-order valence-electron chi connectivity index (χ4n) is 1.27. The van der Waals surface area contributed by atoms with E-state index in [9.17, 15) is 4.79 Å². The third-order valence-corrected chi connectivity index (χ3v) is 2.28. The zero-order valence-electron chi connectivity index (χ0n) is 8.95. The van der Waals surface area contributed by atoms with E-state index >= 15 is 0 Å². The topological polar surface area (TPSA) is 52.9 Å². The molecule has 1 atom stereocenters. The first-order chi connectivity index (χ1) is 7.19. The SMILES string of the molecule is CCC(C#N)C(=O)Nc1ccccc1C. The Kier molecular flexibility index (Phi) is 3.87. The number of carbonyl (C=O) groups is 1. The number of hydrogen-bond donors (Lipinski definition) is 1. The zero-order valence-corrected chi connectivity index (χ0v) is 8.95. The predicted octanol–water partition coefficient (Wildman–Crippen LogP) is 2.48. The summed E-state index contributed by atoms with van der Waals surface area (Å²) in [5, 5.41) is 11.5. The number of nitrogens with zero attached hydrogens (tertiary/aromatic N) is 1. The lowest BCUT2D eigenvalue weighted by Crippen LogP contribution is -2.21. The van der Waals surface area contributed by atoms with Gasteiger partial charge < -0.3 is 5.32 Å². The van der Waals surface area contributed by atoms with Crippen molar-refractivity contribution < 1.29 is 4.79 Å². The molecule has 3 heteroatoms. The maximum Gasteiger partial charge on any atom is 0.241 e. The van der Waals surface area contributed by atoms with Crippen LogP contribution in [0.3, 0.4) is 0 Å². The average Bonchev–Trinajstić information content (AvgIpc) is 2.23. The summed E-state index contributed by atoms with van der Waals surface area (Å²) < 4.78 is 0. The van der Waals surface area contributed by atoms with Crippen molar-refractivity contribution in [2.75, 3.05) is 5.32 Å². The molecule has 1 unspecified atom stereocenters.